The maximum Gasteiger partial charge on any atom is 0.433 e. The fourth-order valence-electron chi connectivity index (χ4n) is 2.96. The zero-order valence-corrected chi connectivity index (χ0v) is 17.7. The normalized spacial score (nSPS) is 11.5. The lowest BCUT2D eigenvalue weighted by Gasteiger charge is -2.10. The monoisotopic (exact) mass is 459 g/mol. The van der Waals surface area contributed by atoms with Gasteiger partial charge in [-0.2, -0.15) is 22.7 Å². The van der Waals surface area contributed by atoms with Crippen LogP contribution in [0.4, 0.5) is 18.9 Å². The Bertz CT molecular complexity index is 1290. The van der Waals surface area contributed by atoms with E-state index in [-0.39, 0.29) is 11.5 Å². The zero-order valence-electron chi connectivity index (χ0n) is 16.8. The molecular formula is C21H16F3N5O2S. The number of nitrogens with one attached hydrogen (secondary N) is 1. The number of anilines is 1. The first-order valence-corrected chi connectivity index (χ1v) is 10.5. The molecule has 4 rings (SSSR count). The SMILES string of the molecule is COc1ccc(-c2cc(C(F)(F)F)n3nc(C(=O)Nc4cccc(SC)c4)nc3n2)cc1. The van der Waals surface area contributed by atoms with Gasteiger partial charge in [0.2, 0.25) is 5.82 Å². The van der Waals surface area contributed by atoms with Crippen LogP contribution in [-0.4, -0.2) is 38.9 Å². The maximum absolute atomic E-state index is 13.7. The molecule has 1 N–H and O–H groups in total. The summed E-state index contributed by atoms with van der Waals surface area (Å²) in [4.78, 5) is 21.6. The van der Waals surface area contributed by atoms with Crippen molar-refractivity contribution in [1.29, 1.82) is 0 Å². The number of carbonyl (C=O) groups is 1. The van der Waals surface area contributed by atoms with Gasteiger partial charge in [-0.25, -0.2) is 4.98 Å². The highest BCUT2D eigenvalue weighted by atomic mass is 32.2. The minimum absolute atomic E-state index is 0.0412. The highest BCUT2D eigenvalue weighted by Gasteiger charge is 2.36. The Labute approximate surface area is 184 Å². The molecule has 4 aromatic rings. The summed E-state index contributed by atoms with van der Waals surface area (Å²) in [6.45, 7) is 0. The molecule has 0 radical (unpaired) electrons. The van der Waals surface area contributed by atoms with E-state index in [0.29, 0.717) is 21.5 Å². The van der Waals surface area contributed by atoms with E-state index in [2.05, 4.69) is 20.4 Å². The van der Waals surface area contributed by atoms with Crippen molar-refractivity contribution in [2.45, 2.75) is 11.1 Å². The number of benzene rings is 2. The van der Waals surface area contributed by atoms with Crippen LogP contribution in [0, 0.1) is 0 Å². The fourth-order valence-corrected chi connectivity index (χ4v) is 3.42. The van der Waals surface area contributed by atoms with Crippen LogP contribution < -0.4 is 10.1 Å². The van der Waals surface area contributed by atoms with Gasteiger partial charge in [-0.3, -0.25) is 4.79 Å². The van der Waals surface area contributed by atoms with Crippen molar-refractivity contribution in [3.8, 4) is 17.0 Å². The second-order valence-corrected chi connectivity index (χ2v) is 7.47. The molecule has 0 spiro atoms. The third-order valence-corrected chi connectivity index (χ3v) is 5.24. The van der Waals surface area contributed by atoms with E-state index in [1.807, 2.05) is 12.3 Å². The summed E-state index contributed by atoms with van der Waals surface area (Å²) >= 11 is 1.49. The van der Waals surface area contributed by atoms with E-state index >= 15 is 0 Å². The summed E-state index contributed by atoms with van der Waals surface area (Å²) in [6.07, 6.45) is -2.86. The van der Waals surface area contributed by atoms with Gasteiger partial charge < -0.3 is 10.1 Å². The molecule has 0 unspecified atom stereocenters. The highest BCUT2D eigenvalue weighted by molar-refractivity contribution is 7.98. The van der Waals surface area contributed by atoms with E-state index in [1.165, 1.54) is 18.9 Å². The Kier molecular flexibility index (Phi) is 5.74. The number of aromatic nitrogens is 4. The van der Waals surface area contributed by atoms with Gasteiger partial charge in [0, 0.05) is 16.1 Å². The number of hydrogen-bond donors (Lipinski definition) is 1. The number of rotatable bonds is 5. The van der Waals surface area contributed by atoms with Crippen LogP contribution in [-0.2, 0) is 6.18 Å². The summed E-state index contributed by atoms with van der Waals surface area (Å²) in [6, 6.07) is 14.3. The quantitative estimate of drug-likeness (QED) is 0.432. The van der Waals surface area contributed by atoms with Gasteiger partial charge in [0.25, 0.3) is 11.7 Å². The molecule has 11 heteroatoms. The number of carbonyl (C=O) groups excluding carboxylic acids is 1. The van der Waals surface area contributed by atoms with Gasteiger partial charge >= 0.3 is 6.18 Å². The van der Waals surface area contributed by atoms with Crippen molar-refractivity contribution in [2.75, 3.05) is 18.7 Å². The predicted molar refractivity (Wildman–Crippen MR) is 114 cm³/mol. The summed E-state index contributed by atoms with van der Waals surface area (Å²) in [5.41, 5.74) is -0.144. The van der Waals surface area contributed by atoms with Gasteiger partial charge in [0.1, 0.15) is 5.75 Å². The highest BCUT2D eigenvalue weighted by Crippen LogP contribution is 2.32. The summed E-state index contributed by atoms with van der Waals surface area (Å²) in [7, 11) is 1.49. The molecule has 2 heterocycles. The lowest BCUT2D eigenvalue weighted by molar-refractivity contribution is -0.142. The number of thioether (sulfide) groups is 1. The van der Waals surface area contributed by atoms with Crippen LogP contribution in [0.3, 0.4) is 0 Å². The molecule has 0 saturated heterocycles. The summed E-state index contributed by atoms with van der Waals surface area (Å²) in [5, 5.41) is 6.36. The molecule has 1 amide bonds. The molecule has 0 aliphatic rings. The molecule has 0 aliphatic heterocycles. The van der Waals surface area contributed by atoms with E-state index in [9.17, 15) is 18.0 Å². The number of amides is 1. The van der Waals surface area contributed by atoms with E-state index in [0.717, 1.165) is 11.0 Å². The minimum atomic E-state index is -4.74. The minimum Gasteiger partial charge on any atom is -0.497 e. The molecule has 7 nitrogen and oxygen atoms in total. The van der Waals surface area contributed by atoms with Crippen molar-refractivity contribution in [1.82, 2.24) is 19.6 Å². The molecule has 32 heavy (non-hydrogen) atoms. The van der Waals surface area contributed by atoms with Gasteiger partial charge in [0.15, 0.2) is 5.69 Å². The van der Waals surface area contributed by atoms with Gasteiger partial charge in [-0.15, -0.1) is 16.9 Å². The molecule has 0 fully saturated rings. The number of nitrogens with zero attached hydrogens (tertiary/aromatic N) is 4. The zero-order chi connectivity index (χ0) is 22.9. The fraction of sp³-hybridized carbons (Fsp3) is 0.143. The average molecular weight is 459 g/mol. The smallest absolute Gasteiger partial charge is 0.433 e. The van der Waals surface area contributed by atoms with Gasteiger partial charge in [-0.1, -0.05) is 6.07 Å². The third kappa shape index (κ3) is 4.37. The van der Waals surface area contributed by atoms with Crippen molar-refractivity contribution >= 4 is 29.1 Å². The van der Waals surface area contributed by atoms with Crippen LogP contribution >= 0.6 is 11.8 Å². The largest absolute Gasteiger partial charge is 0.497 e. The Morgan fingerprint density at radius 3 is 2.50 bits per heavy atom. The van der Waals surface area contributed by atoms with E-state index in [4.69, 9.17) is 4.74 Å². The second-order valence-electron chi connectivity index (χ2n) is 6.59. The first kappa shape index (κ1) is 21.6. The molecule has 2 aromatic carbocycles. The first-order valence-electron chi connectivity index (χ1n) is 9.23. The molecule has 2 aromatic heterocycles. The molecule has 0 aliphatic carbocycles. The van der Waals surface area contributed by atoms with Crippen molar-refractivity contribution < 1.29 is 22.7 Å². The lowest BCUT2D eigenvalue weighted by Crippen LogP contribution is -2.16. The average Bonchev–Trinajstić information content (AvgIpc) is 3.22. The first-order chi connectivity index (χ1) is 15.3. The number of hydrogen-bond acceptors (Lipinski definition) is 6. The van der Waals surface area contributed by atoms with Crippen LogP contribution in [0.2, 0.25) is 0 Å². The number of ether oxygens (including phenoxy) is 1. The summed E-state index contributed by atoms with van der Waals surface area (Å²) < 4.78 is 46.8. The number of fused-ring (bicyclic) bond motifs is 1. The van der Waals surface area contributed by atoms with Crippen LogP contribution in [0.1, 0.15) is 16.3 Å². The molecule has 0 bridgehead atoms. The number of halogens is 3. The third-order valence-electron chi connectivity index (χ3n) is 4.52. The summed E-state index contributed by atoms with van der Waals surface area (Å²) in [5.74, 6) is -0.955. The lowest BCUT2D eigenvalue weighted by atomic mass is 10.1. The van der Waals surface area contributed by atoms with Crippen molar-refractivity contribution in [3.05, 3.63) is 66.1 Å². The molecule has 0 atom stereocenters. The number of methoxy groups -OCH3 is 1. The van der Waals surface area contributed by atoms with Gasteiger partial charge in [-0.05, 0) is 54.8 Å². The number of alkyl halides is 3. The van der Waals surface area contributed by atoms with E-state index in [1.54, 1.807) is 42.5 Å². The topological polar surface area (TPSA) is 81.4 Å². The molecule has 164 valence electrons. The Morgan fingerprint density at radius 1 is 1.09 bits per heavy atom. The Hall–Kier alpha value is -3.60. The van der Waals surface area contributed by atoms with Gasteiger partial charge in [0.05, 0.1) is 12.8 Å². The van der Waals surface area contributed by atoms with Crippen molar-refractivity contribution in [3.63, 3.8) is 0 Å². The van der Waals surface area contributed by atoms with Crippen LogP contribution in [0.5, 0.6) is 5.75 Å². The molecule has 0 saturated carbocycles. The predicted octanol–water partition coefficient (Wildman–Crippen LogP) is 4.79. The van der Waals surface area contributed by atoms with Crippen LogP contribution in [0.15, 0.2) is 59.5 Å². The molecular weight excluding hydrogens is 443 g/mol. The Morgan fingerprint density at radius 2 is 1.84 bits per heavy atom. The van der Waals surface area contributed by atoms with Crippen molar-refractivity contribution in [2.24, 2.45) is 0 Å². The Balaban J connectivity index is 1.75. The maximum atomic E-state index is 13.7. The van der Waals surface area contributed by atoms with Crippen LogP contribution in [0.25, 0.3) is 17.0 Å². The van der Waals surface area contributed by atoms with E-state index < -0.39 is 23.6 Å². The second kappa shape index (κ2) is 8.50. The standard InChI is InChI=1S/C21H16F3N5O2S/c1-31-14-8-6-12(7-9-14)16-11-17(21(22,23)24)29-20(26-16)27-18(28-29)19(30)25-13-4-3-5-15(10-13)32-2/h3-11H,1-2H3,(H,25,30).